The topological polar surface area (TPSA) is 41.3 Å². The molecule has 0 saturated heterocycles. The molecule has 1 aliphatic rings. The zero-order valence-corrected chi connectivity index (χ0v) is 13.5. The van der Waals surface area contributed by atoms with Gasteiger partial charge in [-0.05, 0) is 37.4 Å². The second kappa shape index (κ2) is 6.62. The van der Waals surface area contributed by atoms with E-state index in [1.54, 1.807) is 17.6 Å². The molecule has 0 atom stereocenters. The molecule has 0 amide bonds. The summed E-state index contributed by atoms with van der Waals surface area (Å²) in [6, 6.07) is 4.62. The fourth-order valence-electron chi connectivity index (χ4n) is 2.31. The Labute approximate surface area is 130 Å². The number of thiazole rings is 1. The third-order valence-corrected chi connectivity index (χ3v) is 4.57. The molecule has 0 bridgehead atoms. The van der Waals surface area contributed by atoms with E-state index in [0.717, 1.165) is 30.5 Å². The molecule has 1 aliphatic carbocycles. The Morgan fingerprint density at radius 3 is 3.00 bits per heavy atom. The van der Waals surface area contributed by atoms with Crippen LogP contribution in [0, 0.1) is 5.92 Å². The zero-order chi connectivity index (χ0) is 14.7. The molecule has 0 spiro atoms. The van der Waals surface area contributed by atoms with Crippen molar-refractivity contribution in [1.82, 2.24) is 10.3 Å². The van der Waals surface area contributed by atoms with Gasteiger partial charge in [0, 0.05) is 23.7 Å². The van der Waals surface area contributed by atoms with E-state index in [2.05, 4.69) is 29.0 Å². The average Bonchev–Trinajstić information content (AvgIpc) is 2.97. The van der Waals surface area contributed by atoms with E-state index in [4.69, 9.17) is 4.42 Å². The van der Waals surface area contributed by atoms with E-state index in [1.165, 1.54) is 17.7 Å². The molecule has 1 N–H and O–H groups in total. The van der Waals surface area contributed by atoms with Crippen LogP contribution >= 0.6 is 11.3 Å². The number of nitrogens with one attached hydrogen (secondary N) is 1. The molecule has 0 radical (unpaired) electrons. The fraction of sp³-hybridized carbons (Fsp3) is 0.562. The van der Waals surface area contributed by atoms with Gasteiger partial charge in [0.2, 0.25) is 0 Å². The Kier molecular flexibility index (Phi) is 4.60. The average molecular weight is 305 g/mol. The van der Waals surface area contributed by atoms with Gasteiger partial charge >= 0.3 is 0 Å². The molecule has 2 aromatic heterocycles. The number of anilines is 1. The lowest BCUT2D eigenvalue weighted by Crippen LogP contribution is -2.24. The highest BCUT2D eigenvalue weighted by atomic mass is 32.1. The minimum atomic E-state index is 0.637. The van der Waals surface area contributed by atoms with Crippen LogP contribution in [0.3, 0.4) is 0 Å². The highest BCUT2D eigenvalue weighted by Crippen LogP contribution is 2.35. The van der Waals surface area contributed by atoms with Gasteiger partial charge in [-0.1, -0.05) is 13.8 Å². The highest BCUT2D eigenvalue weighted by molar-refractivity contribution is 7.15. The lowest BCUT2D eigenvalue weighted by Gasteiger charge is -2.19. The van der Waals surface area contributed by atoms with Crippen molar-refractivity contribution in [2.24, 2.45) is 5.92 Å². The first-order valence-corrected chi connectivity index (χ1v) is 8.48. The first kappa shape index (κ1) is 14.6. The number of nitrogens with zero attached hydrogens (tertiary/aromatic N) is 2. The molecule has 1 fully saturated rings. The van der Waals surface area contributed by atoms with Crippen LogP contribution < -0.4 is 10.2 Å². The molecular formula is C16H23N3OS. The van der Waals surface area contributed by atoms with Crippen LogP contribution in [0.5, 0.6) is 0 Å². The van der Waals surface area contributed by atoms with Crippen LogP contribution in [-0.4, -0.2) is 17.6 Å². The van der Waals surface area contributed by atoms with Crippen molar-refractivity contribution >= 4 is 16.5 Å². The molecular weight excluding hydrogens is 282 g/mol. The maximum atomic E-state index is 5.48. The summed E-state index contributed by atoms with van der Waals surface area (Å²) >= 11 is 1.79. The summed E-state index contributed by atoms with van der Waals surface area (Å²) < 4.78 is 5.48. The monoisotopic (exact) mass is 305 g/mol. The maximum Gasteiger partial charge on any atom is 0.186 e. The largest absolute Gasteiger partial charge is 0.467 e. The normalized spacial score (nSPS) is 14.8. The summed E-state index contributed by atoms with van der Waals surface area (Å²) in [7, 11) is 0. The van der Waals surface area contributed by atoms with Crippen LogP contribution in [-0.2, 0) is 13.1 Å². The molecule has 0 unspecified atom stereocenters. The van der Waals surface area contributed by atoms with Gasteiger partial charge in [0.1, 0.15) is 5.76 Å². The Balaban J connectivity index is 1.62. The van der Waals surface area contributed by atoms with Gasteiger partial charge in [0.25, 0.3) is 0 Å². The van der Waals surface area contributed by atoms with Crippen LogP contribution in [0.4, 0.5) is 5.13 Å². The van der Waals surface area contributed by atoms with Gasteiger partial charge in [0.15, 0.2) is 5.13 Å². The first-order chi connectivity index (χ1) is 10.2. The van der Waals surface area contributed by atoms with E-state index >= 15 is 0 Å². The van der Waals surface area contributed by atoms with Crippen molar-refractivity contribution in [2.75, 3.05) is 11.4 Å². The quantitative estimate of drug-likeness (QED) is 0.808. The predicted molar refractivity (Wildman–Crippen MR) is 86.6 cm³/mol. The molecule has 21 heavy (non-hydrogen) atoms. The van der Waals surface area contributed by atoms with E-state index < -0.39 is 0 Å². The van der Waals surface area contributed by atoms with Crippen LogP contribution in [0.25, 0.3) is 0 Å². The molecule has 2 heterocycles. The Morgan fingerprint density at radius 2 is 2.33 bits per heavy atom. The van der Waals surface area contributed by atoms with Gasteiger partial charge in [-0.2, -0.15) is 0 Å². The van der Waals surface area contributed by atoms with Crippen molar-refractivity contribution in [3.05, 3.63) is 35.2 Å². The van der Waals surface area contributed by atoms with E-state index in [9.17, 15) is 0 Å². The predicted octanol–water partition coefficient (Wildman–Crippen LogP) is 3.65. The Bertz CT molecular complexity index is 546. The van der Waals surface area contributed by atoms with Gasteiger partial charge < -0.3 is 14.6 Å². The highest BCUT2D eigenvalue weighted by Gasteiger charge is 2.31. The minimum Gasteiger partial charge on any atom is -0.467 e. The Hall–Kier alpha value is -1.33. The summed E-state index contributed by atoms with van der Waals surface area (Å²) in [5.74, 6) is 1.69. The van der Waals surface area contributed by atoms with Gasteiger partial charge in [-0.15, -0.1) is 11.3 Å². The van der Waals surface area contributed by atoms with Crippen LogP contribution in [0.15, 0.2) is 29.0 Å². The first-order valence-electron chi connectivity index (χ1n) is 7.67. The molecule has 4 nitrogen and oxygen atoms in total. The summed E-state index contributed by atoms with van der Waals surface area (Å²) in [5.41, 5.74) is 0. The summed E-state index contributed by atoms with van der Waals surface area (Å²) in [5, 5.41) is 4.60. The maximum absolute atomic E-state index is 5.48. The lowest BCUT2D eigenvalue weighted by molar-refractivity contribution is 0.501. The summed E-state index contributed by atoms with van der Waals surface area (Å²) in [4.78, 5) is 8.30. The Morgan fingerprint density at radius 1 is 1.48 bits per heavy atom. The SMILES string of the molecule is CC(C)CNCc1cnc(N(Cc2ccco2)C2CC2)s1. The number of furan rings is 1. The third-order valence-electron chi connectivity index (χ3n) is 3.53. The zero-order valence-electron chi connectivity index (χ0n) is 12.7. The number of rotatable bonds is 8. The van der Waals surface area contributed by atoms with Crippen molar-refractivity contribution in [1.29, 1.82) is 0 Å². The van der Waals surface area contributed by atoms with E-state index in [-0.39, 0.29) is 0 Å². The second-order valence-electron chi connectivity index (χ2n) is 6.07. The van der Waals surface area contributed by atoms with E-state index in [1.807, 2.05) is 18.3 Å². The standard InChI is InChI=1S/C16H23N3OS/c1-12(2)8-17-9-15-10-18-16(21-15)19(13-5-6-13)11-14-4-3-7-20-14/h3-4,7,10,12-13,17H,5-6,8-9,11H2,1-2H3. The number of hydrogen-bond donors (Lipinski definition) is 1. The number of hydrogen-bond acceptors (Lipinski definition) is 5. The van der Waals surface area contributed by atoms with Crippen molar-refractivity contribution in [3.8, 4) is 0 Å². The molecule has 2 aromatic rings. The minimum absolute atomic E-state index is 0.637. The molecule has 114 valence electrons. The van der Waals surface area contributed by atoms with E-state index in [0.29, 0.717) is 12.0 Å². The second-order valence-corrected chi connectivity index (χ2v) is 7.17. The van der Waals surface area contributed by atoms with Crippen molar-refractivity contribution in [3.63, 3.8) is 0 Å². The molecule has 5 heteroatoms. The molecule has 0 aliphatic heterocycles. The number of aromatic nitrogens is 1. The van der Waals surface area contributed by atoms with Crippen LogP contribution in [0.1, 0.15) is 37.3 Å². The molecule has 3 rings (SSSR count). The summed E-state index contributed by atoms with van der Waals surface area (Å²) in [6.07, 6.45) is 6.27. The van der Waals surface area contributed by atoms with Crippen molar-refractivity contribution < 1.29 is 4.42 Å². The lowest BCUT2D eigenvalue weighted by atomic mass is 10.2. The molecule has 0 aromatic carbocycles. The molecule has 1 saturated carbocycles. The van der Waals surface area contributed by atoms with Gasteiger partial charge in [0.05, 0.1) is 12.8 Å². The van der Waals surface area contributed by atoms with Crippen LogP contribution in [0.2, 0.25) is 0 Å². The summed E-state index contributed by atoms with van der Waals surface area (Å²) in [6.45, 7) is 7.23. The van der Waals surface area contributed by atoms with Gasteiger partial charge in [-0.25, -0.2) is 4.98 Å². The smallest absolute Gasteiger partial charge is 0.186 e. The third kappa shape index (κ3) is 4.08. The van der Waals surface area contributed by atoms with Gasteiger partial charge in [-0.3, -0.25) is 0 Å². The van der Waals surface area contributed by atoms with Crippen molar-refractivity contribution in [2.45, 2.75) is 45.8 Å². The fourth-order valence-corrected chi connectivity index (χ4v) is 3.26.